The van der Waals surface area contributed by atoms with Crippen LogP contribution in [0.5, 0.6) is 0 Å². The molecule has 0 bridgehead atoms. The molecule has 1 aromatic heterocycles. The summed E-state index contributed by atoms with van der Waals surface area (Å²) in [5, 5.41) is 3.37. The third-order valence-electron chi connectivity index (χ3n) is 4.17. The molecular formula is C16H18ClN3O3. The van der Waals surface area contributed by atoms with Gasteiger partial charge in [-0.25, -0.2) is 4.98 Å². The van der Waals surface area contributed by atoms with Crippen molar-refractivity contribution in [3.63, 3.8) is 0 Å². The average Bonchev–Trinajstić information content (AvgIpc) is 2.84. The van der Waals surface area contributed by atoms with Crippen molar-refractivity contribution in [1.29, 1.82) is 0 Å². The number of nitrogens with one attached hydrogen (secondary N) is 1. The maximum Gasteiger partial charge on any atom is 0.251 e. The lowest BCUT2D eigenvalue weighted by molar-refractivity contribution is -0.202. The Kier molecular flexibility index (Phi) is 4.39. The van der Waals surface area contributed by atoms with Crippen molar-refractivity contribution in [1.82, 2.24) is 14.9 Å². The third-order valence-corrected chi connectivity index (χ3v) is 4.52. The second-order valence-electron chi connectivity index (χ2n) is 5.51. The van der Waals surface area contributed by atoms with Crippen molar-refractivity contribution in [3.8, 4) is 0 Å². The Balaban J connectivity index is 1.65. The van der Waals surface area contributed by atoms with E-state index in [2.05, 4.69) is 10.3 Å². The van der Waals surface area contributed by atoms with Gasteiger partial charge in [-0.1, -0.05) is 23.7 Å². The van der Waals surface area contributed by atoms with Crippen molar-refractivity contribution in [2.45, 2.75) is 12.1 Å². The van der Waals surface area contributed by atoms with Gasteiger partial charge in [-0.15, -0.1) is 0 Å². The van der Waals surface area contributed by atoms with Crippen LogP contribution < -0.4 is 5.32 Å². The molecule has 1 aromatic carbocycles. The smallest absolute Gasteiger partial charge is 0.251 e. The number of carbonyl (C=O) groups is 1. The van der Waals surface area contributed by atoms with E-state index in [1.807, 2.05) is 12.1 Å². The molecule has 0 atom stereocenters. The molecule has 0 saturated carbocycles. The van der Waals surface area contributed by atoms with Gasteiger partial charge in [-0.05, 0) is 17.7 Å². The van der Waals surface area contributed by atoms with E-state index in [4.69, 9.17) is 21.1 Å². The number of benzene rings is 1. The molecule has 2 aromatic rings. The van der Waals surface area contributed by atoms with E-state index in [0.717, 1.165) is 5.56 Å². The highest BCUT2D eigenvalue weighted by molar-refractivity contribution is 6.29. The van der Waals surface area contributed by atoms with Gasteiger partial charge in [-0.3, -0.25) is 4.79 Å². The van der Waals surface area contributed by atoms with Crippen LogP contribution in [0.3, 0.4) is 0 Å². The van der Waals surface area contributed by atoms with E-state index in [-0.39, 0.29) is 11.5 Å². The summed E-state index contributed by atoms with van der Waals surface area (Å²) in [6.07, 6.45) is 1.56. The summed E-state index contributed by atoms with van der Waals surface area (Å²) in [5.74, 6) is 0.539. The molecule has 1 saturated heterocycles. The van der Waals surface area contributed by atoms with Crippen LogP contribution in [0.4, 0.5) is 0 Å². The summed E-state index contributed by atoms with van der Waals surface area (Å²) < 4.78 is 12.5. The quantitative estimate of drug-likeness (QED) is 0.906. The predicted octanol–water partition coefficient (Wildman–Crippen LogP) is 1.88. The fourth-order valence-corrected chi connectivity index (χ4v) is 2.61. The highest BCUT2D eigenvalue weighted by Gasteiger charge is 2.40. The molecule has 1 N–H and O–H groups in total. The number of nitrogens with zero attached hydrogens (tertiary/aromatic N) is 2. The van der Waals surface area contributed by atoms with Crippen molar-refractivity contribution < 1.29 is 14.3 Å². The number of rotatable bonds is 5. The molecule has 6 nitrogen and oxygen atoms in total. The average molecular weight is 336 g/mol. The normalized spacial score (nSPS) is 16.0. The van der Waals surface area contributed by atoms with Crippen LogP contribution >= 0.6 is 11.6 Å². The Hall–Kier alpha value is -1.89. The number of methoxy groups -OCH3 is 1. The van der Waals surface area contributed by atoms with Crippen LogP contribution in [0.1, 0.15) is 21.7 Å². The van der Waals surface area contributed by atoms with Crippen molar-refractivity contribution in [3.05, 3.63) is 52.6 Å². The van der Waals surface area contributed by atoms with E-state index < -0.39 is 0 Å². The highest BCUT2D eigenvalue weighted by atomic mass is 35.5. The summed E-state index contributed by atoms with van der Waals surface area (Å²) in [6, 6.07) is 7.38. The van der Waals surface area contributed by atoms with Crippen LogP contribution in [0.15, 0.2) is 30.5 Å². The summed E-state index contributed by atoms with van der Waals surface area (Å²) in [6.45, 7) is 1.39. The monoisotopic (exact) mass is 335 g/mol. The van der Waals surface area contributed by atoms with Crippen molar-refractivity contribution in [2.75, 3.05) is 20.3 Å². The lowest BCUT2D eigenvalue weighted by Gasteiger charge is -2.40. The minimum absolute atomic E-state index is 0.160. The highest BCUT2D eigenvalue weighted by Crippen LogP contribution is 2.32. The van der Waals surface area contributed by atoms with E-state index >= 15 is 0 Å². The van der Waals surface area contributed by atoms with E-state index in [1.165, 1.54) is 0 Å². The number of hydrogen-bond acceptors (Lipinski definition) is 4. The Morgan fingerprint density at radius 2 is 2.13 bits per heavy atom. The fourth-order valence-electron chi connectivity index (χ4n) is 2.47. The molecule has 3 rings (SSSR count). The Morgan fingerprint density at radius 3 is 2.61 bits per heavy atom. The first kappa shape index (κ1) is 16.0. The zero-order valence-electron chi connectivity index (χ0n) is 13.0. The lowest BCUT2D eigenvalue weighted by Crippen LogP contribution is -2.48. The first-order valence-corrected chi connectivity index (χ1v) is 7.61. The molecule has 23 heavy (non-hydrogen) atoms. The lowest BCUT2D eigenvalue weighted by atomic mass is 9.91. The molecule has 0 radical (unpaired) electrons. The van der Waals surface area contributed by atoms with Gasteiger partial charge < -0.3 is 19.4 Å². The molecule has 2 heterocycles. The maximum absolute atomic E-state index is 12.2. The number of halogens is 1. The maximum atomic E-state index is 12.2. The molecule has 1 aliphatic heterocycles. The van der Waals surface area contributed by atoms with E-state index in [9.17, 15) is 4.79 Å². The topological polar surface area (TPSA) is 65.4 Å². The van der Waals surface area contributed by atoms with Gasteiger partial charge in [0.05, 0.1) is 26.0 Å². The van der Waals surface area contributed by atoms with Crippen LogP contribution in [0.2, 0.25) is 5.15 Å². The van der Waals surface area contributed by atoms with Gasteiger partial charge in [0.25, 0.3) is 5.91 Å². The molecule has 7 heteroatoms. The molecule has 0 spiro atoms. The van der Waals surface area contributed by atoms with Gasteiger partial charge in [-0.2, -0.15) is 0 Å². The van der Waals surface area contributed by atoms with Crippen LogP contribution in [-0.4, -0.2) is 35.8 Å². The van der Waals surface area contributed by atoms with E-state index in [1.54, 1.807) is 37.1 Å². The Morgan fingerprint density at radius 1 is 1.43 bits per heavy atom. The largest absolute Gasteiger partial charge is 0.375 e. The standard InChI is InChI=1S/C16H18ClN3O3/c1-20-13(17)7-18-14(20)8-19-15(21)11-3-5-12(6-4-11)16(22-2)9-23-10-16/h3-7H,8-10H2,1-2H3,(H,19,21). The molecular weight excluding hydrogens is 318 g/mol. The van der Waals surface area contributed by atoms with Crippen LogP contribution in [-0.2, 0) is 28.7 Å². The zero-order chi connectivity index (χ0) is 16.4. The van der Waals surface area contributed by atoms with Gasteiger partial charge in [0.1, 0.15) is 16.6 Å². The number of aromatic nitrogens is 2. The number of hydrogen-bond donors (Lipinski definition) is 1. The second kappa shape index (κ2) is 6.31. The minimum Gasteiger partial charge on any atom is -0.375 e. The summed E-state index contributed by atoms with van der Waals surface area (Å²) in [5.41, 5.74) is 1.22. The second-order valence-corrected chi connectivity index (χ2v) is 5.89. The number of imidazole rings is 1. The molecule has 0 unspecified atom stereocenters. The van der Waals surface area contributed by atoms with Gasteiger partial charge in [0, 0.05) is 19.7 Å². The number of ether oxygens (including phenoxy) is 2. The Labute approximate surface area is 139 Å². The Bertz CT molecular complexity index is 702. The zero-order valence-corrected chi connectivity index (χ0v) is 13.8. The van der Waals surface area contributed by atoms with Crippen LogP contribution in [0.25, 0.3) is 0 Å². The molecule has 1 aliphatic rings. The molecule has 1 amide bonds. The van der Waals surface area contributed by atoms with Crippen molar-refractivity contribution in [2.24, 2.45) is 7.05 Å². The van der Waals surface area contributed by atoms with Crippen molar-refractivity contribution >= 4 is 17.5 Å². The van der Waals surface area contributed by atoms with E-state index in [0.29, 0.717) is 36.3 Å². The van der Waals surface area contributed by atoms with Gasteiger partial charge in [0.15, 0.2) is 0 Å². The van der Waals surface area contributed by atoms with Gasteiger partial charge >= 0.3 is 0 Å². The first-order chi connectivity index (χ1) is 11.1. The first-order valence-electron chi connectivity index (χ1n) is 7.23. The molecule has 1 fully saturated rings. The van der Waals surface area contributed by atoms with Gasteiger partial charge in [0.2, 0.25) is 0 Å². The summed E-state index contributed by atoms with van der Waals surface area (Å²) >= 11 is 5.92. The predicted molar refractivity (Wildman–Crippen MR) is 85.3 cm³/mol. The SMILES string of the molecule is COC1(c2ccc(C(=O)NCc3ncc(Cl)n3C)cc2)COC1. The fraction of sp³-hybridized carbons (Fsp3) is 0.375. The minimum atomic E-state index is -0.376. The molecule has 122 valence electrons. The summed E-state index contributed by atoms with van der Waals surface area (Å²) in [4.78, 5) is 16.4. The third kappa shape index (κ3) is 2.97. The summed E-state index contributed by atoms with van der Waals surface area (Å²) in [7, 11) is 3.47. The number of amides is 1. The molecule has 0 aliphatic carbocycles. The van der Waals surface area contributed by atoms with Crippen LogP contribution in [0, 0.1) is 0 Å². The number of carbonyl (C=O) groups excluding carboxylic acids is 1.